The van der Waals surface area contributed by atoms with E-state index in [1.807, 2.05) is 19.1 Å². The molecule has 0 radical (unpaired) electrons. The van der Waals surface area contributed by atoms with Gasteiger partial charge < -0.3 is 19.7 Å². The van der Waals surface area contributed by atoms with Crippen molar-refractivity contribution in [1.29, 1.82) is 0 Å². The van der Waals surface area contributed by atoms with E-state index in [0.29, 0.717) is 5.76 Å². The molecule has 4 heteroatoms. The topological polar surface area (TPSA) is 58.9 Å². The molecule has 0 bridgehead atoms. The SMILES string of the molecule is C=C(C)/C(=C\C=C(/C)C1(c2ccc(OCCO)c(C)c2)C2=C(CCC=C2)c2ccccc21)OCCO. The highest BCUT2D eigenvalue weighted by atomic mass is 16.5. The molecule has 1 atom stereocenters. The first-order valence-electron chi connectivity index (χ1n) is 12.6. The van der Waals surface area contributed by atoms with Crippen molar-refractivity contribution in [2.75, 3.05) is 26.4 Å². The summed E-state index contributed by atoms with van der Waals surface area (Å²) in [6.45, 7) is 10.6. The van der Waals surface area contributed by atoms with Crippen LogP contribution in [-0.4, -0.2) is 36.6 Å². The summed E-state index contributed by atoms with van der Waals surface area (Å²) in [6.07, 6.45) is 10.7. The van der Waals surface area contributed by atoms with Crippen LogP contribution >= 0.6 is 0 Å². The van der Waals surface area contributed by atoms with Gasteiger partial charge in [0.15, 0.2) is 0 Å². The summed E-state index contributed by atoms with van der Waals surface area (Å²) in [5.74, 6) is 1.45. The Hall–Kier alpha value is -3.34. The second-order valence-corrected chi connectivity index (χ2v) is 9.41. The Bertz CT molecular complexity index is 1260. The Morgan fingerprint density at radius 2 is 1.83 bits per heavy atom. The number of hydrogen-bond acceptors (Lipinski definition) is 4. The van der Waals surface area contributed by atoms with Crippen LogP contribution in [0.1, 0.15) is 48.9 Å². The van der Waals surface area contributed by atoms with Gasteiger partial charge in [-0.1, -0.05) is 66.8 Å². The van der Waals surface area contributed by atoms with Gasteiger partial charge >= 0.3 is 0 Å². The van der Waals surface area contributed by atoms with Gasteiger partial charge in [-0.15, -0.1) is 0 Å². The van der Waals surface area contributed by atoms with Crippen molar-refractivity contribution in [3.8, 4) is 5.75 Å². The molecule has 0 heterocycles. The Kier molecular flexibility index (Phi) is 7.97. The number of rotatable bonds is 10. The van der Waals surface area contributed by atoms with Crippen LogP contribution < -0.4 is 4.74 Å². The zero-order chi connectivity index (χ0) is 25.7. The van der Waals surface area contributed by atoms with Crippen molar-refractivity contribution in [2.45, 2.75) is 39.0 Å². The van der Waals surface area contributed by atoms with E-state index in [1.165, 1.54) is 33.4 Å². The first-order chi connectivity index (χ1) is 17.4. The molecule has 0 saturated heterocycles. The molecule has 188 valence electrons. The smallest absolute Gasteiger partial charge is 0.122 e. The summed E-state index contributed by atoms with van der Waals surface area (Å²) < 4.78 is 11.5. The van der Waals surface area contributed by atoms with Crippen LogP contribution in [-0.2, 0) is 10.2 Å². The van der Waals surface area contributed by atoms with Crippen LogP contribution in [0.5, 0.6) is 5.75 Å². The second-order valence-electron chi connectivity index (χ2n) is 9.41. The number of benzene rings is 2. The standard InChI is InChI=1S/C32H36O4/c1-22(2)30(35-19-17-33)15-13-24(4)32(25-14-16-31(23(3)21-25)36-20-18-34)28-11-7-5-9-26(28)27-10-6-8-12-29(27)32/h5,7-9,11-16,21,33-34H,1,6,10,17-20H2,2-4H3/b24-13+,30-15+. The van der Waals surface area contributed by atoms with Crippen molar-refractivity contribution in [3.05, 3.63) is 118 Å². The van der Waals surface area contributed by atoms with Gasteiger partial charge in [0, 0.05) is 0 Å². The maximum atomic E-state index is 9.24. The molecule has 2 aromatic carbocycles. The maximum absolute atomic E-state index is 9.24. The predicted octanol–water partition coefficient (Wildman–Crippen LogP) is 6.18. The summed E-state index contributed by atoms with van der Waals surface area (Å²) >= 11 is 0. The fraction of sp³-hybridized carbons (Fsp3) is 0.312. The molecule has 2 aliphatic rings. The molecule has 2 aliphatic carbocycles. The number of ether oxygens (including phenoxy) is 2. The van der Waals surface area contributed by atoms with E-state index in [4.69, 9.17) is 9.47 Å². The molecular formula is C32H36O4. The Labute approximate surface area is 214 Å². The molecule has 0 aliphatic heterocycles. The van der Waals surface area contributed by atoms with Crippen LogP contribution in [0, 0.1) is 6.92 Å². The largest absolute Gasteiger partial charge is 0.491 e. The fourth-order valence-corrected chi connectivity index (χ4v) is 5.47. The third-order valence-corrected chi connectivity index (χ3v) is 7.03. The van der Waals surface area contributed by atoms with E-state index >= 15 is 0 Å². The predicted molar refractivity (Wildman–Crippen MR) is 146 cm³/mol. The van der Waals surface area contributed by atoms with Crippen LogP contribution in [0.2, 0.25) is 0 Å². The fourth-order valence-electron chi connectivity index (χ4n) is 5.47. The Balaban J connectivity index is 1.95. The van der Waals surface area contributed by atoms with Gasteiger partial charge in [-0.2, -0.15) is 0 Å². The van der Waals surface area contributed by atoms with E-state index in [2.05, 4.69) is 75.1 Å². The third kappa shape index (κ3) is 4.59. The lowest BCUT2D eigenvalue weighted by Crippen LogP contribution is -2.30. The lowest BCUT2D eigenvalue weighted by atomic mass is 9.66. The zero-order valence-electron chi connectivity index (χ0n) is 21.5. The van der Waals surface area contributed by atoms with Gasteiger partial charge in [0.25, 0.3) is 0 Å². The maximum Gasteiger partial charge on any atom is 0.122 e. The van der Waals surface area contributed by atoms with Gasteiger partial charge in [-0.25, -0.2) is 0 Å². The molecule has 2 aromatic rings. The van der Waals surface area contributed by atoms with Crippen LogP contribution in [0.15, 0.2) is 95.8 Å². The minimum absolute atomic E-state index is 0.0167. The second kappa shape index (κ2) is 11.2. The molecule has 4 rings (SSSR count). The minimum atomic E-state index is -0.462. The summed E-state index contributed by atoms with van der Waals surface area (Å²) in [6, 6.07) is 15.1. The molecule has 4 nitrogen and oxygen atoms in total. The first kappa shape index (κ1) is 25.7. The number of allylic oxidation sites excluding steroid dienone is 8. The number of fused-ring (bicyclic) bond motifs is 2. The van der Waals surface area contributed by atoms with Crippen LogP contribution in [0.25, 0.3) is 5.57 Å². The molecular weight excluding hydrogens is 448 g/mol. The molecule has 0 fully saturated rings. The molecule has 36 heavy (non-hydrogen) atoms. The van der Waals surface area contributed by atoms with E-state index < -0.39 is 5.41 Å². The monoisotopic (exact) mass is 484 g/mol. The molecule has 1 unspecified atom stereocenters. The summed E-state index contributed by atoms with van der Waals surface area (Å²) in [7, 11) is 0. The van der Waals surface area contributed by atoms with Crippen LogP contribution in [0.3, 0.4) is 0 Å². The average Bonchev–Trinajstić information content (AvgIpc) is 3.19. The Morgan fingerprint density at radius 3 is 2.56 bits per heavy atom. The molecule has 0 aromatic heterocycles. The highest BCUT2D eigenvalue weighted by Gasteiger charge is 2.46. The first-order valence-corrected chi connectivity index (χ1v) is 12.6. The van der Waals surface area contributed by atoms with Crippen molar-refractivity contribution in [3.63, 3.8) is 0 Å². The number of aliphatic hydroxyl groups excluding tert-OH is 2. The molecule has 0 spiro atoms. The van der Waals surface area contributed by atoms with E-state index in [9.17, 15) is 10.2 Å². The quantitative estimate of drug-likeness (QED) is 0.312. The third-order valence-electron chi connectivity index (χ3n) is 7.03. The van der Waals surface area contributed by atoms with Crippen molar-refractivity contribution in [2.24, 2.45) is 0 Å². The van der Waals surface area contributed by atoms with Gasteiger partial charge in [0.05, 0.1) is 18.6 Å². The van der Waals surface area contributed by atoms with Gasteiger partial charge in [0.2, 0.25) is 0 Å². The zero-order valence-corrected chi connectivity index (χ0v) is 21.5. The number of aryl methyl sites for hydroxylation is 1. The number of aliphatic hydroxyl groups is 2. The normalized spacial score (nSPS) is 19.2. The van der Waals surface area contributed by atoms with E-state index in [0.717, 1.165) is 29.7 Å². The molecule has 0 saturated carbocycles. The summed E-state index contributed by atoms with van der Waals surface area (Å²) in [5.41, 5.74) is 9.03. The van der Waals surface area contributed by atoms with E-state index in [-0.39, 0.29) is 26.4 Å². The van der Waals surface area contributed by atoms with Gasteiger partial charge in [0.1, 0.15) is 24.7 Å². The average molecular weight is 485 g/mol. The van der Waals surface area contributed by atoms with Crippen molar-refractivity contribution < 1.29 is 19.7 Å². The van der Waals surface area contributed by atoms with Crippen molar-refractivity contribution in [1.82, 2.24) is 0 Å². The van der Waals surface area contributed by atoms with E-state index in [1.54, 1.807) is 0 Å². The van der Waals surface area contributed by atoms with Crippen LogP contribution in [0.4, 0.5) is 0 Å². The van der Waals surface area contributed by atoms with Gasteiger partial charge in [-0.05, 0) is 84.7 Å². The highest BCUT2D eigenvalue weighted by molar-refractivity contribution is 5.88. The lowest BCUT2D eigenvalue weighted by molar-refractivity contribution is 0.150. The van der Waals surface area contributed by atoms with Gasteiger partial charge in [-0.3, -0.25) is 0 Å². The lowest BCUT2D eigenvalue weighted by Gasteiger charge is -2.36. The molecule has 0 amide bonds. The summed E-state index contributed by atoms with van der Waals surface area (Å²) in [4.78, 5) is 0. The minimum Gasteiger partial charge on any atom is -0.491 e. The van der Waals surface area contributed by atoms with Crippen molar-refractivity contribution >= 4 is 5.57 Å². The molecule has 2 N–H and O–H groups in total. The Morgan fingerprint density at radius 1 is 1.06 bits per heavy atom. The highest BCUT2D eigenvalue weighted by Crippen LogP contribution is 2.57. The summed E-state index contributed by atoms with van der Waals surface area (Å²) in [5, 5.41) is 18.5. The number of hydrogen-bond donors (Lipinski definition) is 2.